The highest BCUT2D eigenvalue weighted by molar-refractivity contribution is 6.05. The highest BCUT2D eigenvalue weighted by Gasteiger charge is 2.25. The van der Waals surface area contributed by atoms with E-state index in [1.165, 1.54) is 0 Å². The maximum atomic E-state index is 13.2. The van der Waals surface area contributed by atoms with E-state index in [2.05, 4.69) is 24.1 Å². The molecule has 6 heteroatoms. The van der Waals surface area contributed by atoms with Crippen LogP contribution in [-0.2, 0) is 4.74 Å². The van der Waals surface area contributed by atoms with Crippen molar-refractivity contribution in [3.63, 3.8) is 0 Å². The van der Waals surface area contributed by atoms with Crippen molar-refractivity contribution in [2.45, 2.75) is 26.8 Å². The van der Waals surface area contributed by atoms with Crippen LogP contribution in [0.5, 0.6) is 0 Å². The third kappa shape index (κ3) is 4.47. The first-order valence-electron chi connectivity index (χ1n) is 11.2. The average molecular weight is 435 g/mol. The maximum Gasteiger partial charge on any atom is 0.255 e. The molecular weight excluding hydrogens is 404 g/mol. The van der Waals surface area contributed by atoms with E-state index in [9.17, 15) is 9.59 Å². The number of rotatable bonds is 6. The third-order valence-electron chi connectivity index (χ3n) is 6.18. The second-order valence-corrected chi connectivity index (χ2v) is 8.60. The Balaban J connectivity index is 1.65. The molecule has 1 aliphatic rings. The summed E-state index contributed by atoms with van der Waals surface area (Å²) in [5.41, 5.74) is 1.93. The first-order chi connectivity index (χ1) is 15.5. The number of para-hydroxylation sites is 1. The number of amides is 1. The van der Waals surface area contributed by atoms with Crippen LogP contribution in [0.1, 0.15) is 29.8 Å². The van der Waals surface area contributed by atoms with Crippen molar-refractivity contribution in [1.29, 1.82) is 0 Å². The zero-order valence-corrected chi connectivity index (χ0v) is 18.9. The minimum atomic E-state index is -0.236. The van der Waals surface area contributed by atoms with Gasteiger partial charge >= 0.3 is 0 Å². The molecule has 1 unspecified atom stereocenters. The van der Waals surface area contributed by atoms with Crippen molar-refractivity contribution in [2.75, 3.05) is 32.8 Å². The number of hydrogen-bond acceptors (Lipinski definition) is 5. The molecule has 6 nitrogen and oxygen atoms in total. The monoisotopic (exact) mass is 434 g/mol. The van der Waals surface area contributed by atoms with Crippen molar-refractivity contribution in [3.05, 3.63) is 69.9 Å². The van der Waals surface area contributed by atoms with Crippen LogP contribution in [-0.4, -0.2) is 49.7 Å². The summed E-state index contributed by atoms with van der Waals surface area (Å²) in [6.07, 6.45) is 0. The Hall–Kier alpha value is -2.96. The molecule has 1 amide bonds. The minimum absolute atomic E-state index is 0.117. The van der Waals surface area contributed by atoms with Crippen molar-refractivity contribution >= 4 is 16.9 Å². The fourth-order valence-corrected chi connectivity index (χ4v) is 4.34. The lowest BCUT2D eigenvalue weighted by Crippen LogP contribution is -2.51. The lowest BCUT2D eigenvalue weighted by molar-refractivity contribution is 0.00673. The predicted molar refractivity (Wildman–Crippen MR) is 126 cm³/mol. The lowest BCUT2D eigenvalue weighted by Gasteiger charge is -2.36. The Morgan fingerprint density at radius 2 is 1.78 bits per heavy atom. The van der Waals surface area contributed by atoms with Crippen LogP contribution < -0.4 is 10.7 Å². The van der Waals surface area contributed by atoms with E-state index in [1.807, 2.05) is 30.3 Å². The fraction of sp³-hybridized carbons (Fsp3) is 0.385. The van der Waals surface area contributed by atoms with Crippen molar-refractivity contribution < 1.29 is 13.9 Å². The van der Waals surface area contributed by atoms with E-state index in [-0.39, 0.29) is 17.4 Å². The normalized spacial score (nSPS) is 15.8. The van der Waals surface area contributed by atoms with Gasteiger partial charge in [0, 0.05) is 36.8 Å². The van der Waals surface area contributed by atoms with Gasteiger partial charge in [0.25, 0.3) is 5.91 Å². The molecule has 1 atom stereocenters. The number of ether oxygens (including phenoxy) is 1. The molecule has 4 rings (SSSR count). The van der Waals surface area contributed by atoms with Gasteiger partial charge in [0.05, 0.1) is 24.2 Å². The number of benzene rings is 2. The highest BCUT2D eigenvalue weighted by atomic mass is 16.5. The van der Waals surface area contributed by atoms with Crippen molar-refractivity contribution in [3.8, 4) is 11.3 Å². The van der Waals surface area contributed by atoms with Crippen molar-refractivity contribution in [2.24, 2.45) is 5.92 Å². The molecule has 0 saturated carbocycles. The molecule has 2 aromatic carbocycles. The van der Waals surface area contributed by atoms with Gasteiger partial charge in [-0.05, 0) is 25.0 Å². The molecule has 0 spiro atoms. The molecule has 0 radical (unpaired) electrons. The molecule has 1 N–H and O–H groups in total. The fourth-order valence-electron chi connectivity index (χ4n) is 4.34. The van der Waals surface area contributed by atoms with Gasteiger partial charge in [-0.15, -0.1) is 0 Å². The second kappa shape index (κ2) is 9.67. The molecule has 32 heavy (non-hydrogen) atoms. The number of carbonyl (C=O) groups excluding carboxylic acids is 1. The van der Waals surface area contributed by atoms with E-state index in [0.29, 0.717) is 53.5 Å². The molecule has 0 bridgehead atoms. The van der Waals surface area contributed by atoms with E-state index in [0.717, 1.165) is 18.7 Å². The highest BCUT2D eigenvalue weighted by Crippen LogP contribution is 2.27. The minimum Gasteiger partial charge on any atom is -0.455 e. The largest absolute Gasteiger partial charge is 0.455 e. The predicted octanol–water partition coefficient (Wildman–Crippen LogP) is 3.86. The number of fused-ring (bicyclic) bond motifs is 1. The Labute approximate surface area is 188 Å². The van der Waals surface area contributed by atoms with Gasteiger partial charge in [-0.1, -0.05) is 50.2 Å². The van der Waals surface area contributed by atoms with Gasteiger partial charge < -0.3 is 14.5 Å². The van der Waals surface area contributed by atoms with Gasteiger partial charge in [-0.25, -0.2) is 0 Å². The number of carbonyl (C=O) groups is 1. The second-order valence-electron chi connectivity index (χ2n) is 8.60. The Morgan fingerprint density at radius 1 is 1.06 bits per heavy atom. The van der Waals surface area contributed by atoms with Crippen LogP contribution in [0.3, 0.4) is 0 Å². The zero-order chi connectivity index (χ0) is 22.7. The molecule has 2 heterocycles. The quantitative estimate of drug-likeness (QED) is 0.638. The number of nitrogens with zero attached hydrogens (tertiary/aromatic N) is 1. The van der Waals surface area contributed by atoms with Gasteiger partial charge in [-0.2, -0.15) is 0 Å². The van der Waals surface area contributed by atoms with E-state index < -0.39 is 0 Å². The van der Waals surface area contributed by atoms with E-state index >= 15 is 0 Å². The smallest absolute Gasteiger partial charge is 0.255 e. The summed E-state index contributed by atoms with van der Waals surface area (Å²) in [4.78, 5) is 28.6. The standard InChI is InChI=1S/C26H30N2O4/c1-17(2)22(28-12-14-31-15-13-28)16-27-26(30)21-11-7-10-20-23(29)18(3)24(32-25(20)21)19-8-5-4-6-9-19/h4-11,17,22H,12-16H2,1-3H3,(H,27,30). The summed E-state index contributed by atoms with van der Waals surface area (Å²) >= 11 is 0. The molecular formula is C26H30N2O4. The Kier molecular flexibility index (Phi) is 6.72. The first-order valence-corrected chi connectivity index (χ1v) is 11.2. The number of morpholine rings is 1. The summed E-state index contributed by atoms with van der Waals surface area (Å²) in [7, 11) is 0. The molecule has 1 fully saturated rings. The maximum absolute atomic E-state index is 13.2. The number of nitrogens with one attached hydrogen (secondary N) is 1. The zero-order valence-electron chi connectivity index (χ0n) is 18.9. The topological polar surface area (TPSA) is 71.8 Å². The SMILES string of the molecule is Cc1c(-c2ccccc2)oc2c(C(=O)NCC(C(C)C)N3CCOCC3)cccc2c1=O. The molecule has 0 aliphatic carbocycles. The average Bonchev–Trinajstić information content (AvgIpc) is 2.82. The third-order valence-corrected chi connectivity index (χ3v) is 6.18. The van der Waals surface area contributed by atoms with Crippen LogP contribution in [0.4, 0.5) is 0 Å². The molecule has 1 saturated heterocycles. The number of hydrogen-bond donors (Lipinski definition) is 1. The van der Waals surface area contributed by atoms with Crippen LogP contribution >= 0.6 is 0 Å². The van der Waals surface area contributed by atoms with Crippen LogP contribution in [0.25, 0.3) is 22.3 Å². The van der Waals surface area contributed by atoms with Gasteiger partial charge in [0.2, 0.25) is 0 Å². The van der Waals surface area contributed by atoms with E-state index in [1.54, 1.807) is 25.1 Å². The van der Waals surface area contributed by atoms with E-state index in [4.69, 9.17) is 9.15 Å². The molecule has 1 aliphatic heterocycles. The van der Waals surface area contributed by atoms with Crippen molar-refractivity contribution in [1.82, 2.24) is 10.2 Å². The summed E-state index contributed by atoms with van der Waals surface area (Å²) in [6, 6.07) is 14.9. The first kappa shape index (κ1) is 22.2. The lowest BCUT2D eigenvalue weighted by atomic mass is 10.0. The van der Waals surface area contributed by atoms with Crippen LogP contribution in [0.2, 0.25) is 0 Å². The van der Waals surface area contributed by atoms with Gasteiger partial charge in [0.1, 0.15) is 5.76 Å². The molecule has 3 aromatic rings. The van der Waals surface area contributed by atoms with Crippen LogP contribution in [0.15, 0.2) is 57.7 Å². The summed E-state index contributed by atoms with van der Waals surface area (Å²) in [5.74, 6) is 0.642. The van der Waals surface area contributed by atoms with Crippen LogP contribution in [0, 0.1) is 12.8 Å². The molecule has 168 valence electrons. The molecule has 1 aromatic heterocycles. The Bertz CT molecular complexity index is 1150. The summed E-state index contributed by atoms with van der Waals surface area (Å²) < 4.78 is 11.7. The van der Waals surface area contributed by atoms with Gasteiger partial charge in [-0.3, -0.25) is 14.5 Å². The summed E-state index contributed by atoms with van der Waals surface area (Å²) in [5, 5.41) is 3.50. The van der Waals surface area contributed by atoms with Gasteiger partial charge in [0.15, 0.2) is 11.0 Å². The summed E-state index contributed by atoms with van der Waals surface area (Å²) in [6.45, 7) is 9.77. The Morgan fingerprint density at radius 3 is 2.47 bits per heavy atom.